The second kappa shape index (κ2) is 5.67. The first-order valence-corrected chi connectivity index (χ1v) is 6.63. The second-order valence-electron chi connectivity index (χ2n) is 4.64. The van der Waals surface area contributed by atoms with Crippen LogP contribution < -0.4 is 11.3 Å². The van der Waals surface area contributed by atoms with Gasteiger partial charge in [0.1, 0.15) is 0 Å². The molecule has 100 valence electrons. The van der Waals surface area contributed by atoms with Gasteiger partial charge in [0.2, 0.25) is 0 Å². The van der Waals surface area contributed by atoms with Crippen molar-refractivity contribution >= 4 is 16.9 Å². The highest BCUT2D eigenvalue weighted by Crippen LogP contribution is 2.17. The Hall–Kier alpha value is -2.46. The number of aromatic nitrogens is 2. The Kier molecular flexibility index (Phi) is 3.56. The number of hydrogen-bond donors (Lipinski definition) is 2. The number of nitrogen functional groups attached to an aromatic ring is 1. The van der Waals surface area contributed by atoms with Crippen molar-refractivity contribution in [3.63, 3.8) is 0 Å². The highest BCUT2D eigenvalue weighted by molar-refractivity contribution is 5.76. The fourth-order valence-corrected chi connectivity index (χ4v) is 2.23. The molecule has 3 aromatic rings. The Morgan fingerprint density at radius 2 is 1.45 bits per heavy atom. The fraction of sp³-hybridized carbons (Fsp3) is 0.125. The Balaban J connectivity index is 1.90. The molecule has 0 bridgehead atoms. The zero-order valence-electron chi connectivity index (χ0n) is 11.1. The van der Waals surface area contributed by atoms with Crippen molar-refractivity contribution in [2.45, 2.75) is 12.8 Å². The van der Waals surface area contributed by atoms with Crippen molar-refractivity contribution < 1.29 is 0 Å². The van der Waals surface area contributed by atoms with Crippen LogP contribution in [-0.4, -0.2) is 9.97 Å². The summed E-state index contributed by atoms with van der Waals surface area (Å²) in [6.45, 7) is 0. The summed E-state index contributed by atoms with van der Waals surface area (Å²) in [6, 6.07) is 18.2. The SMILES string of the molecule is NNc1nc2ccccc2nc1CCc1ccccc1. The summed E-state index contributed by atoms with van der Waals surface area (Å²) in [5.74, 6) is 6.21. The molecule has 0 aliphatic heterocycles. The van der Waals surface area contributed by atoms with Crippen LogP contribution in [0.1, 0.15) is 11.3 Å². The molecule has 1 aromatic heterocycles. The van der Waals surface area contributed by atoms with E-state index >= 15 is 0 Å². The number of fused-ring (bicyclic) bond motifs is 1. The molecule has 2 aromatic carbocycles. The molecular formula is C16H16N4. The smallest absolute Gasteiger partial charge is 0.162 e. The molecule has 0 atom stereocenters. The van der Waals surface area contributed by atoms with Gasteiger partial charge in [-0.15, -0.1) is 0 Å². The molecular weight excluding hydrogens is 248 g/mol. The van der Waals surface area contributed by atoms with Crippen LogP contribution in [0.3, 0.4) is 0 Å². The minimum Gasteiger partial charge on any atom is -0.307 e. The predicted octanol–water partition coefficient (Wildman–Crippen LogP) is 2.70. The van der Waals surface area contributed by atoms with Crippen molar-refractivity contribution in [3.8, 4) is 0 Å². The van der Waals surface area contributed by atoms with E-state index in [1.54, 1.807) is 0 Å². The molecule has 0 radical (unpaired) electrons. The second-order valence-corrected chi connectivity index (χ2v) is 4.64. The molecule has 20 heavy (non-hydrogen) atoms. The van der Waals surface area contributed by atoms with Gasteiger partial charge < -0.3 is 5.43 Å². The Labute approximate surface area is 117 Å². The Bertz CT molecular complexity index is 710. The summed E-state index contributed by atoms with van der Waals surface area (Å²) in [7, 11) is 0. The summed E-state index contributed by atoms with van der Waals surface area (Å²) in [5.41, 5.74) is 6.58. The van der Waals surface area contributed by atoms with E-state index in [0.29, 0.717) is 5.82 Å². The lowest BCUT2D eigenvalue weighted by atomic mass is 10.1. The average molecular weight is 264 g/mol. The maximum Gasteiger partial charge on any atom is 0.162 e. The van der Waals surface area contributed by atoms with Crippen molar-refractivity contribution in [1.82, 2.24) is 9.97 Å². The normalized spacial score (nSPS) is 10.7. The van der Waals surface area contributed by atoms with Gasteiger partial charge in [-0.05, 0) is 30.5 Å². The Morgan fingerprint density at radius 1 is 0.800 bits per heavy atom. The molecule has 0 spiro atoms. The van der Waals surface area contributed by atoms with Crippen molar-refractivity contribution in [1.29, 1.82) is 0 Å². The van der Waals surface area contributed by atoms with Crippen molar-refractivity contribution in [2.24, 2.45) is 5.84 Å². The van der Waals surface area contributed by atoms with Gasteiger partial charge in [0.05, 0.1) is 16.7 Å². The number of aryl methyl sites for hydroxylation is 2. The number of nitrogens with zero attached hydrogens (tertiary/aromatic N) is 2. The first-order valence-electron chi connectivity index (χ1n) is 6.63. The topological polar surface area (TPSA) is 63.8 Å². The van der Waals surface area contributed by atoms with Gasteiger partial charge >= 0.3 is 0 Å². The van der Waals surface area contributed by atoms with E-state index in [9.17, 15) is 0 Å². The van der Waals surface area contributed by atoms with Gasteiger partial charge in [-0.2, -0.15) is 0 Å². The minimum absolute atomic E-state index is 0.652. The third-order valence-electron chi connectivity index (χ3n) is 3.27. The maximum absolute atomic E-state index is 5.56. The lowest BCUT2D eigenvalue weighted by Crippen LogP contribution is -2.13. The molecule has 0 amide bonds. The number of para-hydroxylation sites is 2. The van der Waals surface area contributed by atoms with Crippen LogP contribution in [0, 0.1) is 0 Å². The van der Waals surface area contributed by atoms with Crippen LogP contribution in [-0.2, 0) is 12.8 Å². The van der Waals surface area contributed by atoms with Crippen molar-refractivity contribution in [2.75, 3.05) is 5.43 Å². The molecule has 0 fully saturated rings. The van der Waals surface area contributed by atoms with Crippen LogP contribution in [0.4, 0.5) is 5.82 Å². The molecule has 0 aliphatic carbocycles. The van der Waals surface area contributed by atoms with Gasteiger partial charge in [-0.1, -0.05) is 42.5 Å². The van der Waals surface area contributed by atoms with Crippen LogP contribution in [0.5, 0.6) is 0 Å². The number of rotatable bonds is 4. The van der Waals surface area contributed by atoms with Gasteiger partial charge in [0.15, 0.2) is 5.82 Å². The number of anilines is 1. The van der Waals surface area contributed by atoms with Crippen LogP contribution in [0.2, 0.25) is 0 Å². The highest BCUT2D eigenvalue weighted by atomic mass is 15.3. The van der Waals surface area contributed by atoms with Crippen LogP contribution in [0.15, 0.2) is 54.6 Å². The van der Waals surface area contributed by atoms with Gasteiger partial charge in [0.25, 0.3) is 0 Å². The fourth-order valence-electron chi connectivity index (χ4n) is 2.23. The maximum atomic E-state index is 5.56. The quantitative estimate of drug-likeness (QED) is 0.562. The van der Waals surface area contributed by atoms with Crippen LogP contribution in [0.25, 0.3) is 11.0 Å². The number of hydrazine groups is 1. The number of nitrogens with two attached hydrogens (primary N) is 1. The van der Waals surface area contributed by atoms with Gasteiger partial charge in [-0.25, -0.2) is 15.8 Å². The molecule has 4 nitrogen and oxygen atoms in total. The molecule has 0 unspecified atom stereocenters. The third-order valence-corrected chi connectivity index (χ3v) is 3.27. The lowest BCUT2D eigenvalue weighted by Gasteiger charge is -2.09. The largest absolute Gasteiger partial charge is 0.307 e. The highest BCUT2D eigenvalue weighted by Gasteiger charge is 2.07. The van der Waals surface area contributed by atoms with Gasteiger partial charge in [-0.3, -0.25) is 0 Å². The van der Waals surface area contributed by atoms with Crippen LogP contribution >= 0.6 is 0 Å². The standard InChI is InChI=1S/C16H16N4/c17-20-16-15(11-10-12-6-2-1-3-7-12)18-13-8-4-5-9-14(13)19-16/h1-9H,10-11,17H2,(H,19,20). The molecule has 0 saturated heterocycles. The monoisotopic (exact) mass is 264 g/mol. The molecule has 3 rings (SSSR count). The van der Waals surface area contributed by atoms with Crippen molar-refractivity contribution in [3.05, 3.63) is 65.9 Å². The lowest BCUT2D eigenvalue weighted by molar-refractivity contribution is 0.911. The van der Waals surface area contributed by atoms with E-state index in [-0.39, 0.29) is 0 Å². The predicted molar refractivity (Wildman–Crippen MR) is 81.2 cm³/mol. The summed E-state index contributed by atoms with van der Waals surface area (Å²) in [5, 5.41) is 0. The minimum atomic E-state index is 0.652. The van der Waals surface area contributed by atoms with E-state index in [2.05, 4.69) is 27.5 Å². The number of benzene rings is 2. The number of hydrogen-bond acceptors (Lipinski definition) is 4. The summed E-state index contributed by atoms with van der Waals surface area (Å²) in [4.78, 5) is 9.16. The summed E-state index contributed by atoms with van der Waals surface area (Å²) in [6.07, 6.45) is 1.73. The van der Waals surface area contributed by atoms with E-state index in [0.717, 1.165) is 29.6 Å². The third kappa shape index (κ3) is 2.60. The first kappa shape index (κ1) is 12.6. The molecule has 3 N–H and O–H groups in total. The average Bonchev–Trinajstić information content (AvgIpc) is 2.53. The molecule has 0 saturated carbocycles. The molecule has 0 aliphatic rings. The summed E-state index contributed by atoms with van der Waals surface area (Å²) >= 11 is 0. The first-order chi connectivity index (χ1) is 9.86. The van der Waals surface area contributed by atoms with E-state index in [1.165, 1.54) is 5.56 Å². The van der Waals surface area contributed by atoms with E-state index < -0.39 is 0 Å². The zero-order chi connectivity index (χ0) is 13.8. The van der Waals surface area contributed by atoms with E-state index in [4.69, 9.17) is 5.84 Å². The van der Waals surface area contributed by atoms with Gasteiger partial charge in [0, 0.05) is 0 Å². The zero-order valence-corrected chi connectivity index (χ0v) is 11.1. The Morgan fingerprint density at radius 3 is 2.15 bits per heavy atom. The molecule has 4 heteroatoms. The number of nitrogens with one attached hydrogen (secondary N) is 1. The van der Waals surface area contributed by atoms with E-state index in [1.807, 2.05) is 42.5 Å². The molecule has 1 heterocycles. The summed E-state index contributed by atoms with van der Waals surface area (Å²) < 4.78 is 0.